The Bertz CT molecular complexity index is 931. The first-order valence-corrected chi connectivity index (χ1v) is 9.05. The smallest absolute Gasteiger partial charge is 0.153 e. The highest BCUT2D eigenvalue weighted by atomic mass is 16.5. The number of aryl methyl sites for hydroxylation is 1. The molecule has 0 aromatic heterocycles. The molecule has 0 amide bonds. The minimum absolute atomic E-state index is 0.0301. The standard InChI is InChI=1S/C21H23N3O2/c1-4-22-14-8-7-13-15(23-5-2)11-18-20(19(13)21(14)25)24-16-10-12(3)6-9-17(16)26-18/h6-11,15,22-23,25H,4-5H2,1-3H3. The zero-order chi connectivity index (χ0) is 18.3. The molecule has 5 heteroatoms. The molecule has 0 saturated carbocycles. The molecule has 0 bridgehead atoms. The van der Waals surface area contributed by atoms with Crippen LogP contribution in [-0.2, 0) is 0 Å². The van der Waals surface area contributed by atoms with Gasteiger partial charge in [-0.2, -0.15) is 0 Å². The molecule has 1 atom stereocenters. The second-order valence-corrected chi connectivity index (χ2v) is 6.56. The number of hydrogen-bond donors (Lipinski definition) is 3. The van der Waals surface area contributed by atoms with Crippen molar-refractivity contribution in [3.8, 4) is 11.5 Å². The summed E-state index contributed by atoms with van der Waals surface area (Å²) >= 11 is 0. The van der Waals surface area contributed by atoms with E-state index in [9.17, 15) is 5.11 Å². The summed E-state index contributed by atoms with van der Waals surface area (Å²) in [4.78, 5) is 4.83. The lowest BCUT2D eigenvalue weighted by Gasteiger charge is -2.30. The van der Waals surface area contributed by atoms with Crippen LogP contribution in [0.25, 0.3) is 0 Å². The van der Waals surface area contributed by atoms with Crippen LogP contribution < -0.4 is 15.4 Å². The number of rotatable bonds is 4. The molecule has 5 nitrogen and oxygen atoms in total. The fourth-order valence-electron chi connectivity index (χ4n) is 3.51. The van der Waals surface area contributed by atoms with Gasteiger partial charge in [0.1, 0.15) is 17.1 Å². The predicted octanol–water partition coefficient (Wildman–Crippen LogP) is 4.19. The number of allylic oxidation sites excluding steroid dienone is 1. The molecule has 0 fully saturated rings. The van der Waals surface area contributed by atoms with Gasteiger partial charge in [0.05, 0.1) is 17.3 Å². The van der Waals surface area contributed by atoms with Crippen molar-refractivity contribution >= 4 is 17.1 Å². The number of aliphatic imine (C=N–C) groups is 1. The van der Waals surface area contributed by atoms with Crippen molar-refractivity contribution < 1.29 is 9.84 Å². The Labute approximate surface area is 153 Å². The highest BCUT2D eigenvalue weighted by Gasteiger charge is 2.33. The SMILES string of the molecule is CCNc1ccc2c(c1O)C1=Nc3cc(C)ccc3OC1=CC2NCC. The summed E-state index contributed by atoms with van der Waals surface area (Å²) in [5.41, 5.74) is 5.05. The number of phenols is 1. The minimum atomic E-state index is -0.0301. The van der Waals surface area contributed by atoms with Crippen molar-refractivity contribution in [3.05, 3.63) is 58.9 Å². The lowest BCUT2D eigenvalue weighted by molar-refractivity contribution is 0.435. The van der Waals surface area contributed by atoms with Crippen LogP contribution in [0.5, 0.6) is 11.5 Å². The first-order chi connectivity index (χ1) is 12.6. The van der Waals surface area contributed by atoms with E-state index in [1.807, 2.05) is 50.3 Å². The summed E-state index contributed by atoms with van der Waals surface area (Å²) in [5.74, 6) is 1.65. The van der Waals surface area contributed by atoms with Gasteiger partial charge in [0.15, 0.2) is 11.5 Å². The molecule has 26 heavy (non-hydrogen) atoms. The summed E-state index contributed by atoms with van der Waals surface area (Å²) in [7, 11) is 0. The topological polar surface area (TPSA) is 65.9 Å². The van der Waals surface area contributed by atoms with Crippen LogP contribution in [-0.4, -0.2) is 23.9 Å². The van der Waals surface area contributed by atoms with Crippen molar-refractivity contribution in [2.75, 3.05) is 18.4 Å². The first kappa shape index (κ1) is 16.7. The number of aromatic hydroxyl groups is 1. The molecule has 1 unspecified atom stereocenters. The largest absolute Gasteiger partial charge is 0.505 e. The van der Waals surface area contributed by atoms with Gasteiger partial charge in [-0.25, -0.2) is 4.99 Å². The number of fused-ring (bicyclic) bond motifs is 4. The number of hydrogen-bond acceptors (Lipinski definition) is 5. The van der Waals surface area contributed by atoms with E-state index in [4.69, 9.17) is 9.73 Å². The van der Waals surface area contributed by atoms with Crippen LogP contribution in [0, 0.1) is 6.92 Å². The molecule has 2 aromatic carbocycles. The second kappa shape index (κ2) is 6.50. The number of phenolic OH excluding ortho intramolecular Hbond substituents is 1. The third-order valence-electron chi connectivity index (χ3n) is 4.69. The van der Waals surface area contributed by atoms with Crippen molar-refractivity contribution in [2.45, 2.75) is 26.8 Å². The monoisotopic (exact) mass is 349 g/mol. The fraction of sp³-hybridized carbons (Fsp3) is 0.286. The van der Waals surface area contributed by atoms with E-state index in [1.54, 1.807) is 0 Å². The number of ether oxygens (including phenoxy) is 1. The van der Waals surface area contributed by atoms with Gasteiger partial charge in [0.25, 0.3) is 0 Å². The van der Waals surface area contributed by atoms with Crippen LogP contribution in [0.2, 0.25) is 0 Å². The van der Waals surface area contributed by atoms with E-state index in [-0.39, 0.29) is 11.8 Å². The number of nitrogens with one attached hydrogen (secondary N) is 2. The molecule has 0 saturated heterocycles. The molecule has 2 aromatic rings. The van der Waals surface area contributed by atoms with Crippen molar-refractivity contribution in [2.24, 2.45) is 4.99 Å². The van der Waals surface area contributed by atoms with Crippen molar-refractivity contribution in [3.63, 3.8) is 0 Å². The quantitative estimate of drug-likeness (QED) is 0.724. The lowest BCUT2D eigenvalue weighted by Crippen LogP contribution is -2.29. The number of likely N-dealkylation sites (N-methyl/N-ethyl adjacent to an activating group) is 1. The number of anilines is 1. The zero-order valence-electron chi connectivity index (χ0n) is 15.3. The third kappa shape index (κ3) is 2.65. The van der Waals surface area contributed by atoms with Gasteiger partial charge in [-0.05, 0) is 55.8 Å². The first-order valence-electron chi connectivity index (χ1n) is 9.05. The Morgan fingerprint density at radius 3 is 2.77 bits per heavy atom. The summed E-state index contributed by atoms with van der Waals surface area (Å²) in [6.45, 7) is 7.64. The lowest BCUT2D eigenvalue weighted by atomic mass is 9.88. The van der Waals surface area contributed by atoms with Crippen LogP contribution >= 0.6 is 0 Å². The third-order valence-corrected chi connectivity index (χ3v) is 4.69. The molecule has 2 aliphatic rings. The van der Waals surface area contributed by atoms with E-state index in [0.29, 0.717) is 17.2 Å². The summed E-state index contributed by atoms with van der Waals surface area (Å²) in [6, 6.07) is 9.89. The highest BCUT2D eigenvalue weighted by Crippen LogP contribution is 2.44. The Hall–Kier alpha value is -2.79. The Balaban J connectivity index is 1.93. The zero-order valence-corrected chi connectivity index (χ0v) is 15.3. The summed E-state index contributed by atoms with van der Waals surface area (Å²) in [6.07, 6.45) is 2.04. The van der Waals surface area contributed by atoms with E-state index >= 15 is 0 Å². The fourth-order valence-corrected chi connectivity index (χ4v) is 3.51. The van der Waals surface area contributed by atoms with Crippen LogP contribution in [0.1, 0.15) is 36.6 Å². The molecule has 4 rings (SSSR count). The van der Waals surface area contributed by atoms with E-state index in [2.05, 4.69) is 17.6 Å². The predicted molar refractivity (Wildman–Crippen MR) is 105 cm³/mol. The molecule has 1 heterocycles. The normalized spacial score (nSPS) is 17.3. The van der Waals surface area contributed by atoms with E-state index in [1.165, 1.54) is 0 Å². The molecule has 0 radical (unpaired) electrons. The molecule has 134 valence electrons. The van der Waals surface area contributed by atoms with Crippen LogP contribution in [0.3, 0.4) is 0 Å². The summed E-state index contributed by atoms with van der Waals surface area (Å²) < 4.78 is 6.14. The van der Waals surface area contributed by atoms with Gasteiger partial charge < -0.3 is 20.5 Å². The van der Waals surface area contributed by atoms with Crippen LogP contribution in [0.15, 0.2) is 47.2 Å². The molecular weight excluding hydrogens is 326 g/mol. The maximum absolute atomic E-state index is 10.9. The average molecular weight is 349 g/mol. The average Bonchev–Trinajstić information content (AvgIpc) is 2.63. The molecule has 1 aliphatic heterocycles. The highest BCUT2D eigenvalue weighted by molar-refractivity contribution is 6.18. The van der Waals surface area contributed by atoms with Gasteiger partial charge in [0.2, 0.25) is 0 Å². The summed E-state index contributed by atoms with van der Waals surface area (Å²) in [5, 5.41) is 17.6. The molecular formula is C21H23N3O2. The van der Waals surface area contributed by atoms with E-state index < -0.39 is 0 Å². The maximum Gasteiger partial charge on any atom is 0.153 e. The van der Waals surface area contributed by atoms with E-state index in [0.717, 1.165) is 41.2 Å². The van der Waals surface area contributed by atoms with Crippen LogP contribution in [0.4, 0.5) is 11.4 Å². The second-order valence-electron chi connectivity index (χ2n) is 6.56. The van der Waals surface area contributed by atoms with Crippen molar-refractivity contribution in [1.29, 1.82) is 0 Å². The maximum atomic E-state index is 10.9. The molecule has 0 spiro atoms. The number of nitrogens with zero attached hydrogens (tertiary/aromatic N) is 1. The minimum Gasteiger partial charge on any atom is -0.505 e. The van der Waals surface area contributed by atoms with Gasteiger partial charge in [0, 0.05) is 6.54 Å². The van der Waals surface area contributed by atoms with Gasteiger partial charge in [-0.1, -0.05) is 19.1 Å². The van der Waals surface area contributed by atoms with Gasteiger partial charge in [-0.15, -0.1) is 0 Å². The Kier molecular flexibility index (Phi) is 4.17. The Morgan fingerprint density at radius 2 is 2.00 bits per heavy atom. The molecule has 3 N–H and O–H groups in total. The Morgan fingerprint density at radius 1 is 1.15 bits per heavy atom. The van der Waals surface area contributed by atoms with Gasteiger partial charge >= 0.3 is 0 Å². The molecule has 1 aliphatic carbocycles. The number of benzene rings is 2. The van der Waals surface area contributed by atoms with Crippen molar-refractivity contribution in [1.82, 2.24) is 5.32 Å². The van der Waals surface area contributed by atoms with Gasteiger partial charge in [-0.3, -0.25) is 0 Å².